The molecule has 0 radical (unpaired) electrons. The highest BCUT2D eigenvalue weighted by molar-refractivity contribution is 6.00. The van der Waals surface area contributed by atoms with Gasteiger partial charge in [-0.1, -0.05) is 18.2 Å². The van der Waals surface area contributed by atoms with Crippen molar-refractivity contribution in [3.05, 3.63) is 77.7 Å². The van der Waals surface area contributed by atoms with E-state index < -0.39 is 0 Å². The van der Waals surface area contributed by atoms with Crippen molar-refractivity contribution in [3.8, 4) is 11.5 Å². The number of ether oxygens (including phenoxy) is 2. The van der Waals surface area contributed by atoms with Crippen molar-refractivity contribution < 1.29 is 23.5 Å². The average molecular weight is 476 g/mol. The summed E-state index contributed by atoms with van der Waals surface area (Å²) in [6, 6.07) is 16.7. The van der Waals surface area contributed by atoms with Crippen LogP contribution in [0, 0.1) is 0 Å². The van der Waals surface area contributed by atoms with Gasteiger partial charge in [-0.3, -0.25) is 9.59 Å². The van der Waals surface area contributed by atoms with Gasteiger partial charge in [-0.15, -0.1) is 0 Å². The number of nitrogens with one attached hydrogen (secondary N) is 2. The second-order valence-corrected chi connectivity index (χ2v) is 8.66. The Bertz CT molecular complexity index is 1180. The molecule has 5 rings (SSSR count). The summed E-state index contributed by atoms with van der Waals surface area (Å²) in [4.78, 5) is 27.8. The molecule has 1 aromatic heterocycles. The van der Waals surface area contributed by atoms with Gasteiger partial charge in [0, 0.05) is 18.7 Å². The highest BCUT2D eigenvalue weighted by Crippen LogP contribution is 2.38. The van der Waals surface area contributed by atoms with E-state index in [1.165, 1.54) is 0 Å². The van der Waals surface area contributed by atoms with E-state index in [2.05, 4.69) is 10.6 Å². The number of anilines is 1. The van der Waals surface area contributed by atoms with E-state index in [0.717, 1.165) is 36.3 Å². The molecule has 35 heavy (non-hydrogen) atoms. The number of amides is 2. The molecule has 1 fully saturated rings. The van der Waals surface area contributed by atoms with Gasteiger partial charge in [-0.05, 0) is 54.8 Å². The first-order valence-electron chi connectivity index (χ1n) is 12.0. The summed E-state index contributed by atoms with van der Waals surface area (Å²) < 4.78 is 16.9. The molecule has 0 aliphatic carbocycles. The Morgan fingerprint density at radius 3 is 2.69 bits per heavy atom. The fraction of sp³-hybridized carbons (Fsp3) is 0.333. The third-order valence-electron chi connectivity index (χ3n) is 6.33. The van der Waals surface area contributed by atoms with Crippen LogP contribution in [0.3, 0.4) is 0 Å². The number of hydrogen-bond donors (Lipinski definition) is 2. The first kappa shape index (κ1) is 22.8. The summed E-state index contributed by atoms with van der Waals surface area (Å²) in [6.07, 6.45) is 4.26. The predicted molar refractivity (Wildman–Crippen MR) is 131 cm³/mol. The Kier molecular flexibility index (Phi) is 6.88. The fourth-order valence-electron chi connectivity index (χ4n) is 4.58. The van der Waals surface area contributed by atoms with Crippen molar-refractivity contribution >= 4 is 17.5 Å². The Balaban J connectivity index is 1.23. The summed E-state index contributed by atoms with van der Waals surface area (Å²) in [5, 5.41) is 6.03. The Morgan fingerprint density at radius 2 is 1.83 bits per heavy atom. The van der Waals surface area contributed by atoms with Gasteiger partial charge in [0.2, 0.25) is 5.91 Å². The van der Waals surface area contributed by atoms with Gasteiger partial charge < -0.3 is 29.4 Å². The second kappa shape index (κ2) is 10.5. The Hall–Kier alpha value is -3.94. The number of hydrogen-bond acceptors (Lipinski definition) is 6. The zero-order valence-corrected chi connectivity index (χ0v) is 19.5. The van der Waals surface area contributed by atoms with Gasteiger partial charge in [-0.2, -0.15) is 0 Å². The largest absolute Gasteiger partial charge is 0.490 e. The number of carbonyl (C=O) groups is 2. The normalized spacial score (nSPS) is 17.0. The number of furan rings is 1. The van der Waals surface area contributed by atoms with Crippen molar-refractivity contribution in [2.75, 3.05) is 31.6 Å². The molecule has 2 N–H and O–H groups in total. The van der Waals surface area contributed by atoms with Crippen molar-refractivity contribution in [3.63, 3.8) is 0 Å². The lowest BCUT2D eigenvalue weighted by atomic mass is 10.0. The molecule has 8 heteroatoms. The summed E-state index contributed by atoms with van der Waals surface area (Å²) in [5.41, 5.74) is 2.15. The summed E-state index contributed by atoms with van der Waals surface area (Å²) >= 11 is 0. The number of fused-ring (bicyclic) bond motifs is 1. The van der Waals surface area contributed by atoms with Crippen molar-refractivity contribution in [1.29, 1.82) is 0 Å². The standard InChI is InChI=1S/C27H29N3O5/c31-26(18-28-22-8-2-1-7-21(22)27(32)29-17-20-6-4-13-33-20)30-12-3-9-23(30)19-10-11-24-25(16-19)35-15-5-14-34-24/h1-2,4,6-8,10-11,13,16,23,28H,3,5,9,12,14-15,17-18H2,(H,29,32). The van der Waals surface area contributed by atoms with Crippen molar-refractivity contribution in [1.82, 2.24) is 10.2 Å². The minimum Gasteiger partial charge on any atom is -0.490 e. The van der Waals surface area contributed by atoms with Gasteiger partial charge in [0.15, 0.2) is 11.5 Å². The minimum absolute atomic E-state index is 0.00621. The topological polar surface area (TPSA) is 93.0 Å². The molecule has 0 spiro atoms. The molecule has 3 heterocycles. The van der Waals surface area contributed by atoms with E-state index in [9.17, 15) is 9.59 Å². The number of para-hydroxylation sites is 1. The van der Waals surface area contributed by atoms with Crippen LogP contribution in [0.1, 0.15) is 47.0 Å². The number of nitrogens with zero attached hydrogens (tertiary/aromatic N) is 1. The lowest BCUT2D eigenvalue weighted by Crippen LogP contribution is -2.35. The van der Waals surface area contributed by atoms with Crippen LogP contribution in [0.2, 0.25) is 0 Å². The SMILES string of the molecule is O=C(NCc1ccco1)c1ccccc1NCC(=O)N1CCCC1c1ccc2c(c1)OCCCO2. The van der Waals surface area contributed by atoms with E-state index in [0.29, 0.717) is 43.3 Å². The molecule has 2 aliphatic rings. The average Bonchev–Trinajstić information content (AvgIpc) is 3.54. The summed E-state index contributed by atoms with van der Waals surface area (Å²) in [5.74, 6) is 1.93. The van der Waals surface area contributed by atoms with E-state index in [1.54, 1.807) is 36.6 Å². The molecule has 1 unspecified atom stereocenters. The van der Waals surface area contributed by atoms with Crippen LogP contribution < -0.4 is 20.1 Å². The lowest BCUT2D eigenvalue weighted by molar-refractivity contribution is -0.130. The van der Waals surface area contributed by atoms with Crippen molar-refractivity contribution in [2.24, 2.45) is 0 Å². The molecule has 8 nitrogen and oxygen atoms in total. The molecular weight excluding hydrogens is 446 g/mol. The maximum absolute atomic E-state index is 13.2. The molecule has 3 aromatic rings. The number of likely N-dealkylation sites (tertiary alicyclic amines) is 1. The first-order valence-corrected chi connectivity index (χ1v) is 12.0. The quantitative estimate of drug-likeness (QED) is 0.533. The first-order chi connectivity index (χ1) is 17.2. The Morgan fingerprint density at radius 1 is 0.971 bits per heavy atom. The van der Waals surface area contributed by atoms with Gasteiger partial charge in [0.1, 0.15) is 5.76 Å². The van der Waals surface area contributed by atoms with Gasteiger partial charge >= 0.3 is 0 Å². The van der Waals surface area contributed by atoms with Gasteiger partial charge in [0.05, 0.1) is 44.2 Å². The zero-order chi connectivity index (χ0) is 24.0. The summed E-state index contributed by atoms with van der Waals surface area (Å²) in [7, 11) is 0. The van der Waals surface area contributed by atoms with E-state index in [4.69, 9.17) is 13.9 Å². The van der Waals surface area contributed by atoms with Crippen LogP contribution >= 0.6 is 0 Å². The molecule has 0 bridgehead atoms. The molecule has 2 aromatic carbocycles. The molecule has 1 saturated heterocycles. The molecule has 2 amide bonds. The van der Waals surface area contributed by atoms with Gasteiger partial charge in [-0.25, -0.2) is 0 Å². The number of rotatable bonds is 7. The predicted octanol–water partition coefficient (Wildman–Crippen LogP) is 4.15. The third kappa shape index (κ3) is 5.26. The van der Waals surface area contributed by atoms with Crippen LogP contribution in [0.5, 0.6) is 11.5 Å². The molecule has 182 valence electrons. The maximum atomic E-state index is 13.2. The van der Waals surface area contributed by atoms with Gasteiger partial charge in [0.25, 0.3) is 5.91 Å². The van der Waals surface area contributed by atoms with E-state index >= 15 is 0 Å². The molecule has 0 saturated carbocycles. The minimum atomic E-state index is -0.233. The maximum Gasteiger partial charge on any atom is 0.253 e. The van der Waals surface area contributed by atoms with Crippen LogP contribution in [0.25, 0.3) is 0 Å². The zero-order valence-electron chi connectivity index (χ0n) is 19.5. The van der Waals surface area contributed by atoms with Crippen molar-refractivity contribution in [2.45, 2.75) is 31.8 Å². The highest BCUT2D eigenvalue weighted by Gasteiger charge is 2.30. The summed E-state index contributed by atoms with van der Waals surface area (Å²) in [6.45, 7) is 2.37. The number of benzene rings is 2. The van der Waals surface area contributed by atoms with Crippen LogP contribution in [0.15, 0.2) is 65.3 Å². The molecular formula is C27H29N3O5. The van der Waals surface area contributed by atoms with Crippen LogP contribution in [0.4, 0.5) is 5.69 Å². The monoisotopic (exact) mass is 475 g/mol. The Labute approximate surface area is 204 Å². The number of carbonyl (C=O) groups excluding carboxylic acids is 2. The van der Waals surface area contributed by atoms with E-state index in [1.807, 2.05) is 29.2 Å². The third-order valence-corrected chi connectivity index (χ3v) is 6.33. The smallest absolute Gasteiger partial charge is 0.253 e. The fourth-order valence-corrected chi connectivity index (χ4v) is 4.58. The highest BCUT2D eigenvalue weighted by atomic mass is 16.5. The lowest BCUT2D eigenvalue weighted by Gasteiger charge is -2.26. The molecule has 2 aliphatic heterocycles. The van der Waals surface area contributed by atoms with Crippen LogP contribution in [-0.2, 0) is 11.3 Å². The van der Waals surface area contributed by atoms with E-state index in [-0.39, 0.29) is 24.4 Å². The second-order valence-electron chi connectivity index (χ2n) is 8.66. The molecule has 1 atom stereocenters. The van der Waals surface area contributed by atoms with Crippen LogP contribution in [-0.4, -0.2) is 43.0 Å².